The number of nitrogens with one attached hydrogen (secondary N) is 1. The summed E-state index contributed by atoms with van der Waals surface area (Å²) in [5, 5.41) is 1.68. The molecule has 2 aromatic heterocycles. The topological polar surface area (TPSA) is 59.5 Å². The number of aliphatic imine (C=N–C) groups is 1. The number of rotatable bonds is 7. The number of ether oxygens (including phenoxy) is 2. The van der Waals surface area contributed by atoms with Crippen LogP contribution in [-0.2, 0) is 11.3 Å². The molecule has 30 heavy (non-hydrogen) atoms. The molecule has 1 aromatic carbocycles. The fourth-order valence-electron chi connectivity index (χ4n) is 4.64. The van der Waals surface area contributed by atoms with Crippen LogP contribution >= 0.6 is 11.6 Å². The average molecular weight is 426 g/mol. The lowest BCUT2D eigenvalue weighted by Gasteiger charge is -2.21. The van der Waals surface area contributed by atoms with E-state index in [1.807, 2.05) is 31.4 Å². The molecule has 0 spiro atoms. The molecule has 1 saturated carbocycles. The second-order valence-corrected chi connectivity index (χ2v) is 8.26. The Labute approximate surface area is 182 Å². The summed E-state index contributed by atoms with van der Waals surface area (Å²) in [5.74, 6) is 1.70. The molecule has 1 aliphatic rings. The van der Waals surface area contributed by atoms with Crippen molar-refractivity contribution in [3.05, 3.63) is 58.9 Å². The van der Waals surface area contributed by atoms with Gasteiger partial charge in [0.25, 0.3) is 0 Å². The third-order valence-corrected chi connectivity index (χ3v) is 6.50. The van der Waals surface area contributed by atoms with E-state index in [9.17, 15) is 0 Å². The maximum atomic E-state index is 6.61. The van der Waals surface area contributed by atoms with Gasteiger partial charge in [-0.25, -0.2) is 4.98 Å². The molecule has 5 nitrogen and oxygen atoms in total. The molecule has 4 rings (SSSR count). The first-order chi connectivity index (χ1) is 14.6. The minimum absolute atomic E-state index is 0.209. The van der Waals surface area contributed by atoms with Crippen molar-refractivity contribution in [1.29, 1.82) is 0 Å². The quantitative estimate of drug-likeness (QED) is 0.496. The Morgan fingerprint density at radius 3 is 2.73 bits per heavy atom. The first-order valence-corrected chi connectivity index (χ1v) is 10.9. The molecule has 0 saturated heterocycles. The summed E-state index contributed by atoms with van der Waals surface area (Å²) in [7, 11) is 3.54. The highest BCUT2D eigenvalue weighted by Gasteiger charge is 2.38. The number of aromatic amines is 1. The van der Waals surface area contributed by atoms with Crippen molar-refractivity contribution in [2.75, 3.05) is 14.2 Å². The molecule has 1 aliphatic carbocycles. The predicted octanol–water partition coefficient (Wildman–Crippen LogP) is 5.67. The zero-order valence-electron chi connectivity index (χ0n) is 17.7. The van der Waals surface area contributed by atoms with Crippen LogP contribution in [0.25, 0.3) is 11.0 Å². The van der Waals surface area contributed by atoms with Crippen LogP contribution < -0.4 is 4.74 Å². The summed E-state index contributed by atoms with van der Waals surface area (Å²) in [6, 6.07) is 10.1. The van der Waals surface area contributed by atoms with E-state index in [1.165, 1.54) is 0 Å². The second-order valence-electron chi connectivity index (χ2n) is 7.86. The van der Waals surface area contributed by atoms with E-state index in [2.05, 4.69) is 29.0 Å². The van der Waals surface area contributed by atoms with Gasteiger partial charge in [0.1, 0.15) is 11.4 Å². The number of hydrogen-bond acceptors (Lipinski definition) is 4. The Balaban J connectivity index is 1.52. The zero-order valence-corrected chi connectivity index (χ0v) is 18.4. The first-order valence-electron chi connectivity index (χ1n) is 10.5. The maximum Gasteiger partial charge on any atom is 0.137 e. The highest BCUT2D eigenvalue weighted by atomic mass is 35.5. The maximum absolute atomic E-state index is 6.61. The van der Waals surface area contributed by atoms with E-state index in [0.717, 1.165) is 52.9 Å². The molecule has 158 valence electrons. The molecule has 2 heterocycles. The van der Waals surface area contributed by atoms with Gasteiger partial charge >= 0.3 is 0 Å². The number of aromatic nitrogens is 2. The van der Waals surface area contributed by atoms with E-state index < -0.39 is 0 Å². The molecule has 3 unspecified atom stereocenters. The van der Waals surface area contributed by atoms with Crippen LogP contribution in [0.1, 0.15) is 37.3 Å². The molecule has 3 aromatic rings. The van der Waals surface area contributed by atoms with Gasteiger partial charge in [0.15, 0.2) is 0 Å². The number of methoxy groups -OCH3 is 1. The van der Waals surface area contributed by atoms with Crippen LogP contribution in [0.2, 0.25) is 5.02 Å². The number of H-pyrrole nitrogens is 1. The van der Waals surface area contributed by atoms with Crippen LogP contribution in [0.5, 0.6) is 5.75 Å². The van der Waals surface area contributed by atoms with Gasteiger partial charge in [-0.05, 0) is 42.5 Å². The summed E-state index contributed by atoms with van der Waals surface area (Å²) >= 11 is 6.61. The lowest BCUT2D eigenvalue weighted by molar-refractivity contribution is 0.0421. The molecule has 1 fully saturated rings. The predicted molar refractivity (Wildman–Crippen MR) is 122 cm³/mol. The van der Waals surface area contributed by atoms with Gasteiger partial charge in [-0.3, -0.25) is 4.99 Å². The number of halogens is 1. The van der Waals surface area contributed by atoms with Gasteiger partial charge < -0.3 is 14.5 Å². The molecule has 6 heteroatoms. The van der Waals surface area contributed by atoms with Gasteiger partial charge in [-0.2, -0.15) is 0 Å². The minimum Gasteiger partial charge on any atom is -0.497 e. The van der Waals surface area contributed by atoms with Crippen molar-refractivity contribution in [2.45, 2.75) is 38.9 Å². The summed E-state index contributed by atoms with van der Waals surface area (Å²) in [6.45, 7) is 2.85. The summed E-state index contributed by atoms with van der Waals surface area (Å²) in [5.41, 5.74) is 4.07. The largest absolute Gasteiger partial charge is 0.497 e. The summed E-state index contributed by atoms with van der Waals surface area (Å²) in [6.07, 6.45) is 6.90. The van der Waals surface area contributed by atoms with E-state index in [0.29, 0.717) is 23.5 Å². The molecular weight excluding hydrogens is 398 g/mol. The second kappa shape index (κ2) is 9.19. The van der Waals surface area contributed by atoms with Crippen LogP contribution in [-0.4, -0.2) is 35.9 Å². The molecule has 1 N–H and O–H groups in total. The van der Waals surface area contributed by atoms with Gasteiger partial charge in [0, 0.05) is 42.0 Å². The molecule has 0 bridgehead atoms. The Kier molecular flexibility index (Phi) is 6.40. The minimum atomic E-state index is 0.209. The monoisotopic (exact) mass is 425 g/mol. The molecule has 0 radical (unpaired) electrons. The van der Waals surface area contributed by atoms with E-state index in [1.54, 1.807) is 13.3 Å². The first kappa shape index (κ1) is 20.9. The van der Waals surface area contributed by atoms with Crippen molar-refractivity contribution < 1.29 is 9.47 Å². The average Bonchev–Trinajstić information content (AvgIpc) is 3.41. The smallest absolute Gasteiger partial charge is 0.137 e. The SMILES string of the molecule is CCC1CC(OCc2ccc(OC)cc2)CC1C(=NC)c1c(Cl)cnc2[nH]ccc12. The Morgan fingerprint density at radius 1 is 1.23 bits per heavy atom. The van der Waals surface area contributed by atoms with Gasteiger partial charge in [-0.1, -0.05) is 37.1 Å². The van der Waals surface area contributed by atoms with Crippen molar-refractivity contribution in [2.24, 2.45) is 16.8 Å². The Bertz CT molecular complexity index is 1030. The van der Waals surface area contributed by atoms with Gasteiger partial charge in [-0.15, -0.1) is 0 Å². The third-order valence-electron chi connectivity index (χ3n) is 6.21. The lowest BCUT2D eigenvalue weighted by Crippen LogP contribution is -2.21. The van der Waals surface area contributed by atoms with Crippen LogP contribution in [0.15, 0.2) is 47.7 Å². The van der Waals surface area contributed by atoms with Gasteiger partial charge in [0.2, 0.25) is 0 Å². The van der Waals surface area contributed by atoms with E-state index in [-0.39, 0.29) is 6.10 Å². The van der Waals surface area contributed by atoms with Crippen LogP contribution in [0, 0.1) is 11.8 Å². The van der Waals surface area contributed by atoms with Crippen molar-refractivity contribution in [3.8, 4) is 5.75 Å². The van der Waals surface area contributed by atoms with Crippen molar-refractivity contribution in [3.63, 3.8) is 0 Å². The highest BCUT2D eigenvalue weighted by Crippen LogP contribution is 2.41. The number of hydrogen-bond donors (Lipinski definition) is 1. The normalized spacial score (nSPS) is 22.0. The summed E-state index contributed by atoms with van der Waals surface area (Å²) < 4.78 is 11.5. The van der Waals surface area contributed by atoms with E-state index in [4.69, 9.17) is 26.1 Å². The standard InChI is InChI=1S/C24H28ClN3O2/c1-4-16-11-18(30-14-15-5-7-17(29-3)8-6-15)12-20(16)23(26-2)22-19-9-10-27-24(19)28-13-21(22)25/h5-10,13,16,18,20H,4,11-12,14H2,1-3H3,(H,27,28). The Morgan fingerprint density at radius 2 is 2.03 bits per heavy atom. The lowest BCUT2D eigenvalue weighted by atomic mass is 9.85. The van der Waals surface area contributed by atoms with Gasteiger partial charge in [0.05, 0.1) is 24.8 Å². The molecule has 3 atom stereocenters. The number of nitrogens with zero attached hydrogens (tertiary/aromatic N) is 2. The van der Waals surface area contributed by atoms with E-state index >= 15 is 0 Å². The molecular formula is C24H28ClN3O2. The Hall–Kier alpha value is -2.37. The number of pyridine rings is 1. The van der Waals surface area contributed by atoms with Crippen LogP contribution in [0.4, 0.5) is 0 Å². The zero-order chi connectivity index (χ0) is 21.1. The van der Waals surface area contributed by atoms with Crippen molar-refractivity contribution >= 4 is 28.3 Å². The number of benzene rings is 1. The molecule has 0 aliphatic heterocycles. The fourth-order valence-corrected chi connectivity index (χ4v) is 4.89. The third kappa shape index (κ3) is 4.09. The summed E-state index contributed by atoms with van der Waals surface area (Å²) in [4.78, 5) is 12.3. The van der Waals surface area contributed by atoms with Crippen LogP contribution in [0.3, 0.4) is 0 Å². The highest BCUT2D eigenvalue weighted by molar-refractivity contribution is 6.36. The van der Waals surface area contributed by atoms with Crippen molar-refractivity contribution in [1.82, 2.24) is 9.97 Å². The fraction of sp³-hybridized carbons (Fsp3) is 0.417. The molecule has 0 amide bonds. The number of fused-ring (bicyclic) bond motifs is 1.